The van der Waals surface area contributed by atoms with Gasteiger partial charge in [0, 0.05) is 37.5 Å². The Morgan fingerprint density at radius 1 is 1.24 bits per heavy atom. The van der Waals surface area contributed by atoms with E-state index in [-0.39, 0.29) is 23.6 Å². The molecule has 11 nitrogen and oxygen atoms in total. The molecule has 2 fully saturated rings. The van der Waals surface area contributed by atoms with Gasteiger partial charge in [0.25, 0.3) is 5.91 Å². The van der Waals surface area contributed by atoms with Crippen LogP contribution in [0.4, 0.5) is 5.82 Å². The number of carbonyl (C=O) groups excluding carboxylic acids is 2. The maximum absolute atomic E-state index is 13.1. The number of aromatic nitrogens is 1. The van der Waals surface area contributed by atoms with Gasteiger partial charge in [-0.25, -0.2) is 9.98 Å². The third-order valence-corrected chi connectivity index (χ3v) is 7.64. The van der Waals surface area contributed by atoms with Crippen molar-refractivity contribution in [2.45, 2.75) is 19.8 Å². The SMILES string of the molecule is COc1ccnc(NC(=O)c2ccc(/C(NC[C@@H]3CCCN(C(=O)C4(C)COC4)C3)=C3/NC(Cl)=CN=C3N)cc2)c1. The number of aliphatic imine (C=N–C) groups is 1. The summed E-state index contributed by atoms with van der Waals surface area (Å²) in [5.41, 5.74) is 8.31. The molecule has 5 rings (SSSR count). The van der Waals surface area contributed by atoms with Crippen molar-refractivity contribution in [3.05, 3.63) is 70.8 Å². The van der Waals surface area contributed by atoms with Crippen molar-refractivity contribution in [1.82, 2.24) is 20.5 Å². The summed E-state index contributed by atoms with van der Waals surface area (Å²) in [6.45, 7) is 4.95. The summed E-state index contributed by atoms with van der Waals surface area (Å²) in [6, 6.07) is 10.5. The van der Waals surface area contributed by atoms with Crippen LogP contribution < -0.4 is 26.4 Å². The first-order chi connectivity index (χ1) is 19.8. The highest BCUT2D eigenvalue weighted by Gasteiger charge is 2.44. The number of amidine groups is 1. The molecule has 1 atom stereocenters. The molecule has 5 N–H and O–H groups in total. The molecule has 3 aliphatic heterocycles. The topological polar surface area (TPSA) is 143 Å². The van der Waals surface area contributed by atoms with Crippen LogP contribution in [0.3, 0.4) is 0 Å². The zero-order valence-corrected chi connectivity index (χ0v) is 23.8. The fourth-order valence-corrected chi connectivity index (χ4v) is 5.23. The van der Waals surface area contributed by atoms with Crippen molar-refractivity contribution in [2.24, 2.45) is 22.1 Å². The Hall–Kier alpha value is -4.09. The largest absolute Gasteiger partial charge is 0.497 e. The second-order valence-corrected chi connectivity index (χ2v) is 11.1. The van der Waals surface area contributed by atoms with Crippen molar-refractivity contribution >= 4 is 40.8 Å². The Labute approximate surface area is 243 Å². The predicted molar refractivity (Wildman–Crippen MR) is 157 cm³/mol. The van der Waals surface area contributed by atoms with E-state index in [4.69, 9.17) is 26.8 Å². The van der Waals surface area contributed by atoms with E-state index in [9.17, 15) is 9.59 Å². The summed E-state index contributed by atoms with van der Waals surface area (Å²) in [7, 11) is 1.55. The minimum atomic E-state index is -0.418. The minimum absolute atomic E-state index is 0.160. The number of anilines is 1. The van der Waals surface area contributed by atoms with Gasteiger partial charge in [-0.05, 0) is 49.4 Å². The van der Waals surface area contributed by atoms with Crippen molar-refractivity contribution in [1.29, 1.82) is 0 Å². The van der Waals surface area contributed by atoms with Crippen molar-refractivity contribution in [3.63, 3.8) is 0 Å². The van der Waals surface area contributed by atoms with Gasteiger partial charge in [0.1, 0.15) is 28.3 Å². The zero-order valence-electron chi connectivity index (χ0n) is 23.1. The molecule has 2 saturated heterocycles. The fraction of sp³-hybridized carbons (Fsp3) is 0.379. The quantitative estimate of drug-likeness (QED) is 0.350. The highest BCUT2D eigenvalue weighted by atomic mass is 35.5. The molecule has 0 unspecified atom stereocenters. The summed E-state index contributed by atoms with van der Waals surface area (Å²) in [6.07, 6.45) is 4.94. The van der Waals surface area contributed by atoms with Crippen LogP contribution in [-0.4, -0.2) is 67.5 Å². The molecule has 0 saturated carbocycles. The Kier molecular flexibility index (Phi) is 8.46. The van der Waals surface area contributed by atoms with Crippen LogP contribution in [0.5, 0.6) is 5.75 Å². The smallest absolute Gasteiger partial charge is 0.256 e. The summed E-state index contributed by atoms with van der Waals surface area (Å²) >= 11 is 6.24. The van der Waals surface area contributed by atoms with Crippen LogP contribution >= 0.6 is 11.6 Å². The number of rotatable bonds is 8. The van der Waals surface area contributed by atoms with Crippen LogP contribution in [0.2, 0.25) is 0 Å². The molecule has 4 heterocycles. The molecule has 216 valence electrons. The number of amides is 2. The Morgan fingerprint density at radius 2 is 2.00 bits per heavy atom. The monoisotopic (exact) mass is 579 g/mol. The second-order valence-electron chi connectivity index (χ2n) is 10.7. The van der Waals surface area contributed by atoms with E-state index in [1.165, 1.54) is 6.20 Å². The van der Waals surface area contributed by atoms with Crippen LogP contribution in [-0.2, 0) is 9.53 Å². The highest BCUT2D eigenvalue weighted by Crippen LogP contribution is 2.31. The van der Waals surface area contributed by atoms with Crippen molar-refractivity contribution < 1.29 is 19.1 Å². The number of nitrogens with zero attached hydrogens (tertiary/aromatic N) is 3. The number of halogens is 1. The number of carbonyl (C=O) groups is 2. The van der Waals surface area contributed by atoms with Crippen LogP contribution in [0.15, 0.2) is 64.6 Å². The third-order valence-electron chi connectivity index (χ3n) is 7.44. The molecular formula is C29H34ClN7O4. The van der Waals surface area contributed by atoms with Crippen molar-refractivity contribution in [3.8, 4) is 5.75 Å². The number of benzene rings is 1. The number of ether oxygens (including phenoxy) is 2. The van der Waals surface area contributed by atoms with E-state index in [0.717, 1.165) is 24.9 Å². The van der Waals surface area contributed by atoms with Crippen LogP contribution in [0.25, 0.3) is 5.70 Å². The van der Waals surface area contributed by atoms with Gasteiger partial charge < -0.3 is 36.1 Å². The number of hydrogen-bond donors (Lipinski definition) is 4. The van der Waals surface area contributed by atoms with Gasteiger partial charge >= 0.3 is 0 Å². The maximum atomic E-state index is 13.1. The molecule has 2 amide bonds. The summed E-state index contributed by atoms with van der Waals surface area (Å²) in [5.74, 6) is 1.35. The first kappa shape index (κ1) is 28.4. The van der Waals surface area contributed by atoms with Gasteiger partial charge in [-0.1, -0.05) is 23.7 Å². The molecule has 12 heteroatoms. The molecule has 1 aromatic carbocycles. The minimum Gasteiger partial charge on any atom is -0.497 e. The van der Waals surface area contributed by atoms with Gasteiger partial charge in [-0.2, -0.15) is 0 Å². The second kappa shape index (κ2) is 12.2. The number of methoxy groups -OCH3 is 1. The van der Waals surface area contributed by atoms with Crippen LogP contribution in [0.1, 0.15) is 35.7 Å². The number of nitrogens with two attached hydrogens (primary N) is 1. The third kappa shape index (κ3) is 6.47. The van der Waals surface area contributed by atoms with E-state index in [1.807, 2.05) is 24.0 Å². The Bertz CT molecular complexity index is 1400. The molecule has 3 aliphatic rings. The van der Waals surface area contributed by atoms with Gasteiger partial charge in [0.2, 0.25) is 5.91 Å². The van der Waals surface area contributed by atoms with E-state index in [1.54, 1.807) is 37.6 Å². The lowest BCUT2D eigenvalue weighted by molar-refractivity contribution is -0.170. The summed E-state index contributed by atoms with van der Waals surface area (Å²) in [5, 5.41) is 9.76. The van der Waals surface area contributed by atoms with E-state index >= 15 is 0 Å². The number of piperidine rings is 1. The number of pyridine rings is 1. The van der Waals surface area contributed by atoms with Gasteiger partial charge in [0.15, 0.2) is 0 Å². The van der Waals surface area contributed by atoms with E-state index in [0.29, 0.717) is 60.0 Å². The maximum Gasteiger partial charge on any atom is 0.256 e. The Morgan fingerprint density at radius 3 is 2.71 bits per heavy atom. The number of nitrogens with one attached hydrogen (secondary N) is 3. The van der Waals surface area contributed by atoms with Crippen LogP contribution in [0, 0.1) is 11.3 Å². The standard InChI is InChI=1S/C29H34ClN7O4/c1-29(16-41-17-29)28(39)37-11-3-4-18(15-37)13-33-24(25-26(31)34-14-22(30)35-25)19-5-7-20(8-6-19)27(38)36-23-12-21(40-2)9-10-32-23/h5-10,12,14,18,33,35H,3-4,11,13,15-17H2,1-2H3,(H2,31,34)(H,32,36,38)/b25-24-/t18-/m0/s1. The van der Waals surface area contributed by atoms with E-state index in [2.05, 4.69) is 25.9 Å². The fourth-order valence-electron chi connectivity index (χ4n) is 5.09. The molecular weight excluding hydrogens is 546 g/mol. The van der Waals surface area contributed by atoms with E-state index < -0.39 is 5.41 Å². The lowest BCUT2D eigenvalue weighted by Gasteiger charge is -2.43. The normalized spacial score (nSPS) is 21.0. The molecule has 2 aromatic rings. The summed E-state index contributed by atoms with van der Waals surface area (Å²) < 4.78 is 10.5. The van der Waals surface area contributed by atoms with Crippen molar-refractivity contribution in [2.75, 3.05) is 45.3 Å². The van der Waals surface area contributed by atoms with Gasteiger partial charge in [0.05, 0.1) is 37.6 Å². The highest BCUT2D eigenvalue weighted by molar-refractivity contribution is 6.30. The van der Waals surface area contributed by atoms with Gasteiger partial charge in [-0.3, -0.25) is 9.59 Å². The molecule has 41 heavy (non-hydrogen) atoms. The summed E-state index contributed by atoms with van der Waals surface area (Å²) in [4.78, 5) is 36.3. The lowest BCUT2D eigenvalue weighted by atomic mass is 9.85. The Balaban J connectivity index is 1.32. The molecule has 0 spiro atoms. The number of hydrogen-bond acceptors (Lipinski definition) is 9. The molecule has 0 bridgehead atoms. The molecule has 0 radical (unpaired) electrons. The first-order valence-corrected chi connectivity index (χ1v) is 13.9. The van der Waals surface area contributed by atoms with Gasteiger partial charge in [-0.15, -0.1) is 0 Å². The zero-order chi connectivity index (χ0) is 29.0. The predicted octanol–water partition coefficient (Wildman–Crippen LogP) is 2.87. The molecule has 0 aliphatic carbocycles. The number of likely N-dealkylation sites (tertiary alicyclic amines) is 1. The lowest BCUT2D eigenvalue weighted by Crippen LogP contribution is -2.55. The molecule has 1 aromatic heterocycles. The average molecular weight is 580 g/mol. The first-order valence-electron chi connectivity index (χ1n) is 13.5. The average Bonchev–Trinajstić information content (AvgIpc) is 2.98.